The monoisotopic (exact) mass is 248 g/mol. The summed E-state index contributed by atoms with van der Waals surface area (Å²) < 4.78 is 0. The van der Waals surface area contributed by atoms with Crippen molar-refractivity contribution < 1.29 is 0 Å². The summed E-state index contributed by atoms with van der Waals surface area (Å²) in [5.41, 5.74) is 7.36. The maximum absolute atomic E-state index is 6.05. The Morgan fingerprint density at radius 3 is 2.40 bits per heavy atom. The maximum atomic E-state index is 6.05. The van der Waals surface area contributed by atoms with Crippen LogP contribution in [0.4, 0.5) is 0 Å². The van der Waals surface area contributed by atoms with Crippen molar-refractivity contribution in [1.82, 2.24) is 5.32 Å². The van der Waals surface area contributed by atoms with Crippen LogP contribution < -0.4 is 11.1 Å². The van der Waals surface area contributed by atoms with Gasteiger partial charge in [-0.2, -0.15) is 0 Å². The Morgan fingerprint density at radius 2 is 1.80 bits per heavy atom. The van der Waals surface area contributed by atoms with Gasteiger partial charge in [-0.25, -0.2) is 0 Å². The summed E-state index contributed by atoms with van der Waals surface area (Å²) in [5.74, 6) is 0. The van der Waals surface area contributed by atoms with Gasteiger partial charge >= 0.3 is 0 Å². The van der Waals surface area contributed by atoms with Gasteiger partial charge in [0.25, 0.3) is 0 Å². The van der Waals surface area contributed by atoms with Gasteiger partial charge in [-0.15, -0.1) is 24.8 Å². The van der Waals surface area contributed by atoms with Crippen LogP contribution in [0, 0.1) is 0 Å². The minimum absolute atomic E-state index is 0. The van der Waals surface area contributed by atoms with Crippen LogP contribution >= 0.6 is 24.8 Å². The van der Waals surface area contributed by atoms with Crippen molar-refractivity contribution in [2.45, 2.75) is 24.9 Å². The zero-order valence-corrected chi connectivity index (χ0v) is 10.2. The molecule has 1 aliphatic heterocycles. The Bertz CT molecular complexity index is 267. The first kappa shape index (κ1) is 14.7. The lowest BCUT2D eigenvalue weighted by Crippen LogP contribution is -2.42. The molecule has 4 heteroatoms. The number of hydrogen-bond donors (Lipinski definition) is 2. The Hall–Kier alpha value is -0.280. The topological polar surface area (TPSA) is 38.0 Å². The molecule has 0 aromatic heterocycles. The summed E-state index contributed by atoms with van der Waals surface area (Å²) in [6.07, 6.45) is 2.33. The van der Waals surface area contributed by atoms with Gasteiger partial charge in [-0.05, 0) is 24.9 Å². The predicted octanol–water partition coefficient (Wildman–Crippen LogP) is 2.28. The molecule has 3 N–H and O–H groups in total. The van der Waals surface area contributed by atoms with Gasteiger partial charge in [-0.1, -0.05) is 30.3 Å². The minimum atomic E-state index is 0. The smallest absolute Gasteiger partial charge is 0.0473 e. The molecule has 0 radical (unpaired) electrons. The summed E-state index contributed by atoms with van der Waals surface area (Å²) in [7, 11) is 0. The SMILES string of the molecule is Cl.Cl.N[C@@H]1CCCN[C@@H]1c1ccccc1. The van der Waals surface area contributed by atoms with Crippen LogP contribution in [0.5, 0.6) is 0 Å². The molecule has 86 valence electrons. The number of hydrogen-bond acceptors (Lipinski definition) is 2. The molecule has 2 rings (SSSR count). The molecule has 0 aliphatic carbocycles. The lowest BCUT2D eigenvalue weighted by molar-refractivity contribution is 0.358. The van der Waals surface area contributed by atoms with Gasteiger partial charge in [0.15, 0.2) is 0 Å². The molecule has 2 atom stereocenters. The van der Waals surface area contributed by atoms with Crippen LogP contribution in [0.1, 0.15) is 24.4 Å². The van der Waals surface area contributed by atoms with E-state index in [4.69, 9.17) is 5.73 Å². The molecule has 1 heterocycles. The van der Waals surface area contributed by atoms with Gasteiger partial charge in [0.05, 0.1) is 0 Å². The lowest BCUT2D eigenvalue weighted by atomic mass is 9.93. The van der Waals surface area contributed by atoms with Crippen LogP contribution in [0.2, 0.25) is 0 Å². The van der Waals surface area contributed by atoms with Crippen molar-refractivity contribution in [1.29, 1.82) is 0 Å². The molecule has 2 nitrogen and oxygen atoms in total. The fraction of sp³-hybridized carbons (Fsp3) is 0.455. The van der Waals surface area contributed by atoms with E-state index in [-0.39, 0.29) is 30.9 Å². The Balaban J connectivity index is 0.000000980. The van der Waals surface area contributed by atoms with Gasteiger partial charge in [0, 0.05) is 12.1 Å². The number of rotatable bonds is 1. The molecule has 1 aromatic carbocycles. The van der Waals surface area contributed by atoms with Crippen LogP contribution in [0.3, 0.4) is 0 Å². The van der Waals surface area contributed by atoms with E-state index in [0.717, 1.165) is 13.0 Å². The second-order valence-corrected chi connectivity index (χ2v) is 3.65. The van der Waals surface area contributed by atoms with E-state index >= 15 is 0 Å². The van der Waals surface area contributed by atoms with Crippen LogP contribution in [-0.2, 0) is 0 Å². The highest BCUT2D eigenvalue weighted by Gasteiger charge is 2.21. The second-order valence-electron chi connectivity index (χ2n) is 3.65. The molecular weight excluding hydrogens is 231 g/mol. The van der Waals surface area contributed by atoms with Crippen molar-refractivity contribution in [3.05, 3.63) is 35.9 Å². The van der Waals surface area contributed by atoms with E-state index < -0.39 is 0 Å². The summed E-state index contributed by atoms with van der Waals surface area (Å²) in [4.78, 5) is 0. The van der Waals surface area contributed by atoms with Gasteiger partial charge in [0.1, 0.15) is 0 Å². The highest BCUT2D eigenvalue weighted by molar-refractivity contribution is 5.85. The summed E-state index contributed by atoms with van der Waals surface area (Å²) >= 11 is 0. The third-order valence-corrected chi connectivity index (χ3v) is 2.67. The number of halogens is 2. The number of nitrogens with two attached hydrogens (primary N) is 1. The molecule has 15 heavy (non-hydrogen) atoms. The summed E-state index contributed by atoms with van der Waals surface area (Å²) in [5, 5.41) is 3.46. The largest absolute Gasteiger partial charge is 0.326 e. The predicted molar refractivity (Wildman–Crippen MR) is 68.9 cm³/mol. The Labute approximate surface area is 103 Å². The van der Waals surface area contributed by atoms with E-state index in [9.17, 15) is 0 Å². The molecule has 1 aliphatic rings. The molecule has 0 bridgehead atoms. The van der Waals surface area contributed by atoms with Crippen molar-refractivity contribution in [2.75, 3.05) is 6.54 Å². The Kier molecular flexibility index (Phi) is 6.94. The van der Waals surface area contributed by atoms with Crippen molar-refractivity contribution in [3.63, 3.8) is 0 Å². The van der Waals surface area contributed by atoms with Crippen LogP contribution in [0.15, 0.2) is 30.3 Å². The first-order valence-electron chi connectivity index (χ1n) is 4.92. The van der Waals surface area contributed by atoms with Gasteiger partial charge in [0.2, 0.25) is 0 Å². The van der Waals surface area contributed by atoms with Gasteiger partial charge in [-0.3, -0.25) is 0 Å². The molecule has 0 amide bonds. The minimum Gasteiger partial charge on any atom is -0.326 e. The van der Waals surface area contributed by atoms with E-state index in [1.165, 1.54) is 12.0 Å². The quantitative estimate of drug-likeness (QED) is 0.801. The number of benzene rings is 1. The first-order valence-corrected chi connectivity index (χ1v) is 4.92. The fourth-order valence-corrected chi connectivity index (χ4v) is 1.94. The Morgan fingerprint density at radius 1 is 1.13 bits per heavy atom. The highest BCUT2D eigenvalue weighted by atomic mass is 35.5. The number of nitrogens with one attached hydrogen (secondary N) is 1. The van der Waals surface area contributed by atoms with E-state index in [1.807, 2.05) is 6.07 Å². The van der Waals surface area contributed by atoms with Crippen molar-refractivity contribution in [3.8, 4) is 0 Å². The van der Waals surface area contributed by atoms with E-state index in [0.29, 0.717) is 6.04 Å². The van der Waals surface area contributed by atoms with Gasteiger partial charge < -0.3 is 11.1 Å². The van der Waals surface area contributed by atoms with Crippen molar-refractivity contribution in [2.24, 2.45) is 5.73 Å². The van der Waals surface area contributed by atoms with Crippen molar-refractivity contribution >= 4 is 24.8 Å². The first-order chi connectivity index (χ1) is 6.38. The zero-order chi connectivity index (χ0) is 9.10. The summed E-state index contributed by atoms with van der Waals surface area (Å²) in [6.45, 7) is 1.09. The standard InChI is InChI=1S/C11H16N2.2ClH/c12-10-7-4-8-13-11(10)9-5-2-1-3-6-9;;/h1-3,5-6,10-11,13H,4,7-8,12H2;2*1H/t10-,11-;;/m1../s1. The lowest BCUT2D eigenvalue weighted by Gasteiger charge is -2.30. The fourth-order valence-electron chi connectivity index (χ4n) is 1.94. The third-order valence-electron chi connectivity index (χ3n) is 2.67. The van der Waals surface area contributed by atoms with Crippen LogP contribution in [-0.4, -0.2) is 12.6 Å². The average molecular weight is 249 g/mol. The maximum Gasteiger partial charge on any atom is 0.0473 e. The molecular formula is C11H18Cl2N2. The normalized spacial score (nSPS) is 24.9. The highest BCUT2D eigenvalue weighted by Crippen LogP contribution is 2.21. The molecule has 0 saturated carbocycles. The van der Waals surface area contributed by atoms with Crippen LogP contribution in [0.25, 0.3) is 0 Å². The summed E-state index contributed by atoms with van der Waals surface area (Å²) in [6, 6.07) is 11.1. The average Bonchev–Trinajstić information content (AvgIpc) is 2.20. The molecule has 1 saturated heterocycles. The molecule has 0 spiro atoms. The van der Waals surface area contributed by atoms with E-state index in [2.05, 4.69) is 29.6 Å². The molecule has 1 aromatic rings. The van der Waals surface area contributed by atoms with E-state index in [1.54, 1.807) is 0 Å². The molecule has 0 unspecified atom stereocenters. The second kappa shape index (κ2) is 7.07. The zero-order valence-electron chi connectivity index (χ0n) is 8.56. The molecule has 1 fully saturated rings. The number of piperidine rings is 1. The third kappa shape index (κ3) is 3.65.